The van der Waals surface area contributed by atoms with E-state index in [0.29, 0.717) is 12.2 Å². The molecule has 0 aliphatic rings. The molecule has 0 atom stereocenters. The van der Waals surface area contributed by atoms with E-state index in [1.807, 2.05) is 42.5 Å². The normalized spacial score (nSPS) is 10.2. The number of ether oxygens (including phenoxy) is 1. The third-order valence-electron chi connectivity index (χ3n) is 2.24. The highest BCUT2D eigenvalue weighted by Gasteiger charge is 2.01. The van der Waals surface area contributed by atoms with Crippen molar-refractivity contribution < 1.29 is 9.53 Å². The van der Waals surface area contributed by atoms with Gasteiger partial charge in [0, 0.05) is 6.42 Å². The Kier molecular flexibility index (Phi) is 2.68. The van der Waals surface area contributed by atoms with E-state index >= 15 is 0 Å². The van der Waals surface area contributed by atoms with Gasteiger partial charge in [-0.2, -0.15) is 0 Å². The molecule has 0 N–H and O–H groups in total. The van der Waals surface area contributed by atoms with Crippen molar-refractivity contribution in [2.75, 3.05) is 0 Å². The van der Waals surface area contributed by atoms with Crippen LogP contribution in [0.25, 0.3) is 10.8 Å². The van der Waals surface area contributed by atoms with Crippen LogP contribution < -0.4 is 4.74 Å². The second-order valence-corrected chi connectivity index (χ2v) is 3.34. The van der Waals surface area contributed by atoms with E-state index in [1.54, 1.807) is 6.92 Å². The molecule has 2 aromatic carbocycles. The summed E-state index contributed by atoms with van der Waals surface area (Å²) < 4.78 is 5.13. The van der Waals surface area contributed by atoms with Crippen molar-refractivity contribution in [1.82, 2.24) is 0 Å². The first kappa shape index (κ1) is 9.71. The van der Waals surface area contributed by atoms with Crippen molar-refractivity contribution in [3.05, 3.63) is 42.5 Å². The van der Waals surface area contributed by atoms with E-state index < -0.39 is 0 Å². The van der Waals surface area contributed by atoms with E-state index in [4.69, 9.17) is 4.74 Å². The zero-order valence-electron chi connectivity index (χ0n) is 8.57. The SMILES string of the molecule is CCC(=O)Oc1ccc2ccccc2c1. The molecule has 0 aliphatic heterocycles. The number of hydrogen-bond donors (Lipinski definition) is 0. The summed E-state index contributed by atoms with van der Waals surface area (Å²) in [4.78, 5) is 11.1. The Morgan fingerprint density at radius 2 is 1.87 bits per heavy atom. The Hall–Kier alpha value is -1.83. The first-order valence-corrected chi connectivity index (χ1v) is 4.99. The summed E-state index contributed by atoms with van der Waals surface area (Å²) in [6.07, 6.45) is 0.396. The van der Waals surface area contributed by atoms with Crippen molar-refractivity contribution in [3.63, 3.8) is 0 Å². The maximum absolute atomic E-state index is 11.1. The lowest BCUT2D eigenvalue weighted by atomic mass is 10.1. The first-order chi connectivity index (χ1) is 7.29. The summed E-state index contributed by atoms with van der Waals surface area (Å²) in [5.41, 5.74) is 0. The Morgan fingerprint density at radius 3 is 2.60 bits per heavy atom. The maximum atomic E-state index is 11.1. The minimum absolute atomic E-state index is 0.203. The van der Waals surface area contributed by atoms with E-state index in [2.05, 4.69) is 0 Å². The molecule has 2 nitrogen and oxygen atoms in total. The monoisotopic (exact) mass is 200 g/mol. The molecule has 15 heavy (non-hydrogen) atoms. The van der Waals surface area contributed by atoms with Crippen molar-refractivity contribution in [2.45, 2.75) is 13.3 Å². The van der Waals surface area contributed by atoms with Gasteiger partial charge in [0.2, 0.25) is 0 Å². The molecule has 0 aromatic heterocycles. The molecule has 0 saturated heterocycles. The molecule has 0 radical (unpaired) electrons. The van der Waals surface area contributed by atoms with Crippen LogP contribution in [-0.2, 0) is 4.79 Å². The second-order valence-electron chi connectivity index (χ2n) is 3.34. The van der Waals surface area contributed by atoms with Crippen LogP contribution in [0, 0.1) is 0 Å². The largest absolute Gasteiger partial charge is 0.427 e. The van der Waals surface area contributed by atoms with Crippen LogP contribution in [0.3, 0.4) is 0 Å². The second kappa shape index (κ2) is 4.13. The Morgan fingerprint density at radius 1 is 1.13 bits per heavy atom. The summed E-state index contributed by atoms with van der Waals surface area (Å²) in [7, 11) is 0. The summed E-state index contributed by atoms with van der Waals surface area (Å²) >= 11 is 0. The highest BCUT2D eigenvalue weighted by atomic mass is 16.5. The number of hydrogen-bond acceptors (Lipinski definition) is 2. The van der Waals surface area contributed by atoms with Gasteiger partial charge in [-0.25, -0.2) is 0 Å². The molecule has 76 valence electrons. The fourth-order valence-corrected chi connectivity index (χ4v) is 1.43. The van der Waals surface area contributed by atoms with Gasteiger partial charge in [-0.3, -0.25) is 4.79 Å². The van der Waals surface area contributed by atoms with Crippen molar-refractivity contribution in [2.24, 2.45) is 0 Å². The van der Waals surface area contributed by atoms with Crippen LogP contribution >= 0.6 is 0 Å². The van der Waals surface area contributed by atoms with E-state index in [-0.39, 0.29) is 5.97 Å². The summed E-state index contributed by atoms with van der Waals surface area (Å²) in [5, 5.41) is 2.23. The summed E-state index contributed by atoms with van der Waals surface area (Å²) in [6.45, 7) is 1.78. The zero-order valence-corrected chi connectivity index (χ0v) is 8.57. The molecule has 0 unspecified atom stereocenters. The number of benzene rings is 2. The van der Waals surface area contributed by atoms with Gasteiger partial charge in [0.25, 0.3) is 0 Å². The van der Waals surface area contributed by atoms with Gasteiger partial charge in [-0.1, -0.05) is 37.3 Å². The van der Waals surface area contributed by atoms with Crippen LogP contribution in [0.1, 0.15) is 13.3 Å². The predicted octanol–water partition coefficient (Wildman–Crippen LogP) is 3.16. The van der Waals surface area contributed by atoms with Crippen LogP contribution in [0.2, 0.25) is 0 Å². The van der Waals surface area contributed by atoms with Gasteiger partial charge >= 0.3 is 5.97 Å². The number of rotatable bonds is 2. The average molecular weight is 200 g/mol. The van der Waals surface area contributed by atoms with Crippen molar-refractivity contribution in [1.29, 1.82) is 0 Å². The van der Waals surface area contributed by atoms with Gasteiger partial charge in [0.1, 0.15) is 5.75 Å². The third-order valence-corrected chi connectivity index (χ3v) is 2.24. The molecule has 2 heteroatoms. The Bertz CT molecular complexity index is 489. The quantitative estimate of drug-likeness (QED) is 0.549. The topological polar surface area (TPSA) is 26.3 Å². The minimum atomic E-state index is -0.203. The van der Waals surface area contributed by atoms with Gasteiger partial charge in [0.15, 0.2) is 0 Å². The fourth-order valence-electron chi connectivity index (χ4n) is 1.43. The van der Waals surface area contributed by atoms with Crippen LogP contribution in [-0.4, -0.2) is 5.97 Å². The first-order valence-electron chi connectivity index (χ1n) is 4.99. The molecular formula is C13H12O2. The summed E-state index contributed by atoms with van der Waals surface area (Å²) in [6, 6.07) is 13.6. The molecule has 0 fully saturated rings. The smallest absolute Gasteiger partial charge is 0.310 e. The van der Waals surface area contributed by atoms with Crippen LogP contribution in [0.4, 0.5) is 0 Å². The van der Waals surface area contributed by atoms with Crippen molar-refractivity contribution in [3.8, 4) is 5.75 Å². The van der Waals surface area contributed by atoms with Gasteiger partial charge < -0.3 is 4.74 Å². The number of carbonyl (C=O) groups excluding carboxylic acids is 1. The summed E-state index contributed by atoms with van der Waals surface area (Å²) in [5.74, 6) is 0.408. The number of fused-ring (bicyclic) bond motifs is 1. The van der Waals surface area contributed by atoms with E-state index in [0.717, 1.165) is 10.8 Å². The predicted molar refractivity (Wildman–Crippen MR) is 59.9 cm³/mol. The molecule has 0 bridgehead atoms. The lowest BCUT2D eigenvalue weighted by Gasteiger charge is -2.03. The molecule has 0 heterocycles. The fraction of sp³-hybridized carbons (Fsp3) is 0.154. The van der Waals surface area contributed by atoms with E-state index in [1.165, 1.54) is 0 Å². The van der Waals surface area contributed by atoms with Crippen molar-refractivity contribution >= 4 is 16.7 Å². The molecular weight excluding hydrogens is 188 g/mol. The molecule has 0 saturated carbocycles. The molecule has 0 spiro atoms. The Labute approximate surface area is 88.5 Å². The van der Waals surface area contributed by atoms with Gasteiger partial charge in [0.05, 0.1) is 0 Å². The number of esters is 1. The van der Waals surface area contributed by atoms with E-state index in [9.17, 15) is 4.79 Å². The van der Waals surface area contributed by atoms with Crippen LogP contribution in [0.15, 0.2) is 42.5 Å². The molecule has 0 amide bonds. The molecule has 2 aromatic rings. The lowest BCUT2D eigenvalue weighted by molar-refractivity contribution is -0.134. The average Bonchev–Trinajstić information content (AvgIpc) is 2.29. The highest BCUT2D eigenvalue weighted by molar-refractivity contribution is 5.84. The molecule has 2 rings (SSSR count). The van der Waals surface area contributed by atoms with Gasteiger partial charge in [-0.05, 0) is 22.9 Å². The minimum Gasteiger partial charge on any atom is -0.427 e. The highest BCUT2D eigenvalue weighted by Crippen LogP contribution is 2.20. The zero-order chi connectivity index (χ0) is 10.7. The van der Waals surface area contributed by atoms with Crippen LogP contribution in [0.5, 0.6) is 5.75 Å². The Balaban J connectivity index is 2.34. The number of carbonyl (C=O) groups is 1. The third kappa shape index (κ3) is 2.15. The standard InChI is InChI=1S/C13H12O2/c1-2-13(14)15-12-8-7-10-5-3-4-6-11(10)9-12/h3-9H,2H2,1H3. The van der Waals surface area contributed by atoms with Gasteiger partial charge in [-0.15, -0.1) is 0 Å². The lowest BCUT2D eigenvalue weighted by Crippen LogP contribution is -2.05. The maximum Gasteiger partial charge on any atom is 0.310 e. The molecule has 0 aliphatic carbocycles.